The van der Waals surface area contributed by atoms with E-state index in [9.17, 15) is 9.59 Å². The maximum atomic E-state index is 11.9. The highest BCUT2D eigenvalue weighted by Gasteiger charge is 2.17. The molecule has 0 bridgehead atoms. The first-order valence-electron chi connectivity index (χ1n) is 9.55. The van der Waals surface area contributed by atoms with E-state index in [0.717, 1.165) is 11.1 Å². The Morgan fingerprint density at radius 3 is 2.52 bits per heavy atom. The molecule has 1 amide bonds. The molecule has 0 saturated heterocycles. The molecule has 0 heterocycles. The SMILES string of the molecule is CCO[C@@H](Cc1ccc(OCCC(=O)NCCc2ccccc2Cl)cc1)C(=O)O. The lowest BCUT2D eigenvalue weighted by atomic mass is 10.1. The number of carboxylic acids is 1. The van der Waals surface area contributed by atoms with Crippen molar-refractivity contribution in [3.8, 4) is 5.75 Å². The monoisotopic (exact) mass is 419 g/mol. The number of aliphatic carboxylic acids is 1. The first-order chi connectivity index (χ1) is 14.0. The maximum absolute atomic E-state index is 11.9. The second-order valence-corrected chi connectivity index (χ2v) is 6.83. The van der Waals surface area contributed by atoms with E-state index in [2.05, 4.69) is 5.32 Å². The first-order valence-corrected chi connectivity index (χ1v) is 9.93. The number of ether oxygens (including phenoxy) is 2. The molecule has 0 radical (unpaired) electrons. The Morgan fingerprint density at radius 2 is 1.86 bits per heavy atom. The Morgan fingerprint density at radius 1 is 1.14 bits per heavy atom. The molecular weight excluding hydrogens is 394 g/mol. The van der Waals surface area contributed by atoms with Gasteiger partial charge in [-0.25, -0.2) is 4.79 Å². The van der Waals surface area contributed by atoms with E-state index in [1.165, 1.54) is 0 Å². The fraction of sp³-hybridized carbons (Fsp3) is 0.364. The highest BCUT2D eigenvalue weighted by molar-refractivity contribution is 6.31. The predicted molar refractivity (Wildman–Crippen MR) is 111 cm³/mol. The van der Waals surface area contributed by atoms with Crippen molar-refractivity contribution in [2.75, 3.05) is 19.8 Å². The number of benzene rings is 2. The maximum Gasteiger partial charge on any atom is 0.333 e. The number of hydrogen-bond donors (Lipinski definition) is 2. The van der Waals surface area contributed by atoms with Crippen molar-refractivity contribution in [1.29, 1.82) is 0 Å². The molecule has 0 spiro atoms. The molecule has 0 aliphatic heterocycles. The van der Waals surface area contributed by atoms with Gasteiger partial charge in [-0.1, -0.05) is 41.9 Å². The second-order valence-electron chi connectivity index (χ2n) is 6.42. The summed E-state index contributed by atoms with van der Waals surface area (Å²) in [6.07, 6.45) is 0.348. The van der Waals surface area contributed by atoms with Crippen LogP contribution in [-0.2, 0) is 27.2 Å². The van der Waals surface area contributed by atoms with Gasteiger partial charge in [0.25, 0.3) is 0 Å². The van der Waals surface area contributed by atoms with Crippen molar-refractivity contribution in [2.24, 2.45) is 0 Å². The summed E-state index contributed by atoms with van der Waals surface area (Å²) < 4.78 is 10.8. The summed E-state index contributed by atoms with van der Waals surface area (Å²) in [5, 5.41) is 12.7. The average Bonchev–Trinajstić information content (AvgIpc) is 2.70. The van der Waals surface area contributed by atoms with E-state index in [1.54, 1.807) is 31.2 Å². The minimum atomic E-state index is -0.979. The molecule has 2 rings (SSSR count). The molecular formula is C22H26ClNO5. The molecule has 2 aromatic carbocycles. The smallest absolute Gasteiger partial charge is 0.333 e. The van der Waals surface area contributed by atoms with Gasteiger partial charge in [-0.3, -0.25) is 4.79 Å². The fourth-order valence-corrected chi connectivity index (χ4v) is 2.97. The minimum absolute atomic E-state index is 0.0883. The number of hydrogen-bond acceptors (Lipinski definition) is 4. The third-order valence-corrected chi connectivity index (χ3v) is 4.63. The molecule has 0 aliphatic carbocycles. The van der Waals surface area contributed by atoms with Crippen LogP contribution in [0.25, 0.3) is 0 Å². The lowest BCUT2D eigenvalue weighted by molar-refractivity contribution is -0.149. The Kier molecular flexibility index (Phi) is 9.47. The largest absolute Gasteiger partial charge is 0.493 e. The van der Waals surface area contributed by atoms with Gasteiger partial charge in [0.2, 0.25) is 5.91 Å². The van der Waals surface area contributed by atoms with E-state index >= 15 is 0 Å². The zero-order valence-electron chi connectivity index (χ0n) is 16.4. The van der Waals surface area contributed by atoms with Crippen LogP contribution in [0.3, 0.4) is 0 Å². The first kappa shape index (κ1) is 22.7. The van der Waals surface area contributed by atoms with Crippen molar-refractivity contribution in [3.63, 3.8) is 0 Å². The van der Waals surface area contributed by atoms with E-state index in [4.69, 9.17) is 26.2 Å². The zero-order valence-corrected chi connectivity index (χ0v) is 17.2. The molecule has 2 aromatic rings. The van der Waals surface area contributed by atoms with Crippen molar-refractivity contribution in [2.45, 2.75) is 32.3 Å². The predicted octanol–water partition coefficient (Wildman–Crippen LogP) is 3.50. The van der Waals surface area contributed by atoms with Crippen molar-refractivity contribution >= 4 is 23.5 Å². The Labute approximate surface area is 175 Å². The molecule has 7 heteroatoms. The molecule has 29 heavy (non-hydrogen) atoms. The normalized spacial score (nSPS) is 11.7. The van der Waals surface area contributed by atoms with E-state index < -0.39 is 12.1 Å². The van der Waals surface area contributed by atoms with Crippen LogP contribution in [0.2, 0.25) is 5.02 Å². The molecule has 156 valence electrons. The highest BCUT2D eigenvalue weighted by Crippen LogP contribution is 2.16. The molecule has 2 N–H and O–H groups in total. The zero-order chi connectivity index (χ0) is 21.1. The summed E-state index contributed by atoms with van der Waals surface area (Å²) in [4.78, 5) is 23.1. The molecule has 0 aromatic heterocycles. The summed E-state index contributed by atoms with van der Waals surface area (Å²) >= 11 is 6.09. The number of carboxylic acid groups (broad SMARTS) is 1. The van der Waals surface area contributed by atoms with Crippen molar-refractivity contribution in [3.05, 3.63) is 64.7 Å². The number of rotatable bonds is 12. The Balaban J connectivity index is 1.68. The van der Waals surface area contributed by atoms with Gasteiger partial charge < -0.3 is 19.9 Å². The summed E-state index contributed by atoms with van der Waals surface area (Å²) in [6.45, 7) is 2.88. The number of carbonyl (C=O) groups is 2. The van der Waals surface area contributed by atoms with Gasteiger partial charge in [0.15, 0.2) is 6.10 Å². The van der Waals surface area contributed by atoms with E-state index in [0.29, 0.717) is 30.3 Å². The van der Waals surface area contributed by atoms with Gasteiger partial charge in [-0.2, -0.15) is 0 Å². The lowest BCUT2D eigenvalue weighted by Gasteiger charge is -2.13. The van der Waals surface area contributed by atoms with Gasteiger partial charge in [-0.15, -0.1) is 0 Å². The van der Waals surface area contributed by atoms with Crippen LogP contribution in [0.4, 0.5) is 0 Å². The number of carbonyl (C=O) groups excluding carboxylic acids is 1. The van der Waals surface area contributed by atoms with Crippen LogP contribution in [-0.4, -0.2) is 42.8 Å². The third-order valence-electron chi connectivity index (χ3n) is 4.26. The van der Waals surface area contributed by atoms with Gasteiger partial charge in [-0.05, 0) is 42.7 Å². The lowest BCUT2D eigenvalue weighted by Crippen LogP contribution is -2.27. The number of amides is 1. The fourth-order valence-electron chi connectivity index (χ4n) is 2.74. The summed E-state index contributed by atoms with van der Waals surface area (Å²) in [5.41, 5.74) is 1.84. The van der Waals surface area contributed by atoms with Crippen LogP contribution in [0.15, 0.2) is 48.5 Å². The molecule has 1 atom stereocenters. The Hall–Kier alpha value is -2.57. The number of nitrogens with one attached hydrogen (secondary N) is 1. The second kappa shape index (κ2) is 12.1. The highest BCUT2D eigenvalue weighted by atomic mass is 35.5. The van der Waals surface area contributed by atoms with Crippen LogP contribution < -0.4 is 10.1 Å². The topological polar surface area (TPSA) is 84.9 Å². The van der Waals surface area contributed by atoms with Crippen molar-refractivity contribution < 1.29 is 24.2 Å². The average molecular weight is 420 g/mol. The van der Waals surface area contributed by atoms with Crippen LogP contribution >= 0.6 is 11.6 Å². The molecule has 0 unspecified atom stereocenters. The van der Waals surface area contributed by atoms with Gasteiger partial charge in [0.05, 0.1) is 13.0 Å². The summed E-state index contributed by atoms with van der Waals surface area (Å²) in [6, 6.07) is 14.7. The molecule has 6 nitrogen and oxygen atoms in total. The third kappa shape index (κ3) is 8.13. The summed E-state index contributed by atoms with van der Waals surface area (Å²) in [5.74, 6) is -0.441. The molecule has 0 aliphatic rings. The Bertz CT molecular complexity index is 794. The standard InChI is InChI=1S/C22H26ClNO5/c1-2-28-20(22(26)27)15-16-7-9-18(10-8-16)29-14-12-21(25)24-13-11-17-5-3-4-6-19(17)23/h3-10,20H,2,11-15H2,1H3,(H,24,25)(H,26,27)/t20-/m0/s1. The minimum Gasteiger partial charge on any atom is -0.493 e. The molecule has 0 fully saturated rings. The van der Waals surface area contributed by atoms with E-state index in [-0.39, 0.29) is 25.4 Å². The van der Waals surface area contributed by atoms with Crippen LogP contribution in [0.5, 0.6) is 5.75 Å². The van der Waals surface area contributed by atoms with Crippen LogP contribution in [0, 0.1) is 0 Å². The van der Waals surface area contributed by atoms with Crippen LogP contribution in [0.1, 0.15) is 24.5 Å². The quantitative estimate of drug-likeness (QED) is 0.550. The van der Waals surface area contributed by atoms with Crippen molar-refractivity contribution in [1.82, 2.24) is 5.32 Å². The molecule has 0 saturated carbocycles. The van der Waals surface area contributed by atoms with Gasteiger partial charge in [0.1, 0.15) is 5.75 Å². The summed E-state index contributed by atoms with van der Waals surface area (Å²) in [7, 11) is 0. The van der Waals surface area contributed by atoms with Gasteiger partial charge >= 0.3 is 5.97 Å². The van der Waals surface area contributed by atoms with Gasteiger partial charge in [0, 0.05) is 24.6 Å². The number of halogens is 1. The van der Waals surface area contributed by atoms with E-state index in [1.807, 2.05) is 24.3 Å².